The van der Waals surface area contributed by atoms with E-state index in [4.69, 9.17) is 0 Å². The first-order valence-electron chi connectivity index (χ1n) is 7.50. The third kappa shape index (κ3) is 4.70. The first kappa shape index (κ1) is 15.8. The summed E-state index contributed by atoms with van der Waals surface area (Å²) in [7, 11) is 3.96. The number of carbonyl (C=O) groups is 1. The zero-order valence-corrected chi connectivity index (χ0v) is 12.8. The minimum atomic E-state index is -0.234. The van der Waals surface area contributed by atoms with Crippen LogP contribution < -0.4 is 5.32 Å². The predicted molar refractivity (Wildman–Crippen MR) is 81.8 cm³/mol. The molecular formula is C16H24FN3O. The van der Waals surface area contributed by atoms with Crippen molar-refractivity contribution in [2.45, 2.75) is 25.3 Å². The molecule has 2 amide bonds. The normalized spacial score (nSPS) is 16.7. The molecular weight excluding hydrogens is 269 g/mol. The maximum atomic E-state index is 13.1. The highest BCUT2D eigenvalue weighted by Crippen LogP contribution is 2.14. The number of hydrogen-bond acceptors (Lipinski definition) is 2. The minimum Gasteiger partial charge on any atom is -0.338 e. The summed E-state index contributed by atoms with van der Waals surface area (Å²) >= 11 is 0. The van der Waals surface area contributed by atoms with Crippen molar-refractivity contribution in [1.82, 2.24) is 15.1 Å². The standard InChI is InChI=1S/C16H24FN3O/c1-19-10-7-15(8-11-19)20(2)16(21)18-9-6-13-4-3-5-14(17)12-13/h3-5,12,15H,6-11H2,1-2H3,(H,18,21). The molecule has 1 aliphatic rings. The molecule has 4 nitrogen and oxygen atoms in total. The lowest BCUT2D eigenvalue weighted by Crippen LogP contribution is -2.48. The van der Waals surface area contributed by atoms with Gasteiger partial charge in [0, 0.05) is 19.6 Å². The zero-order chi connectivity index (χ0) is 15.2. The van der Waals surface area contributed by atoms with E-state index < -0.39 is 0 Å². The number of nitrogens with one attached hydrogen (secondary N) is 1. The van der Waals surface area contributed by atoms with Gasteiger partial charge in [-0.2, -0.15) is 0 Å². The molecule has 2 rings (SSSR count). The van der Waals surface area contributed by atoms with E-state index in [1.54, 1.807) is 11.0 Å². The Morgan fingerprint density at radius 3 is 2.81 bits per heavy atom. The van der Waals surface area contributed by atoms with E-state index in [0.29, 0.717) is 19.0 Å². The van der Waals surface area contributed by atoms with Crippen LogP contribution in [0.5, 0.6) is 0 Å². The molecule has 1 N–H and O–H groups in total. The van der Waals surface area contributed by atoms with Gasteiger partial charge in [-0.05, 0) is 57.1 Å². The predicted octanol–water partition coefficient (Wildman–Crippen LogP) is 2.10. The lowest BCUT2D eigenvalue weighted by atomic mass is 10.0. The zero-order valence-electron chi connectivity index (χ0n) is 12.8. The summed E-state index contributed by atoms with van der Waals surface area (Å²) in [6.07, 6.45) is 2.68. The van der Waals surface area contributed by atoms with Gasteiger partial charge in [0.25, 0.3) is 0 Å². The first-order chi connectivity index (χ1) is 10.1. The summed E-state index contributed by atoms with van der Waals surface area (Å²) in [5.74, 6) is -0.234. The van der Waals surface area contributed by atoms with Crippen LogP contribution in [0, 0.1) is 5.82 Å². The molecule has 1 saturated heterocycles. The van der Waals surface area contributed by atoms with Gasteiger partial charge in [0.1, 0.15) is 5.82 Å². The highest BCUT2D eigenvalue weighted by Gasteiger charge is 2.23. The van der Waals surface area contributed by atoms with Crippen molar-refractivity contribution in [2.24, 2.45) is 0 Å². The molecule has 1 fully saturated rings. The smallest absolute Gasteiger partial charge is 0.317 e. The van der Waals surface area contributed by atoms with E-state index in [1.807, 2.05) is 13.1 Å². The summed E-state index contributed by atoms with van der Waals surface area (Å²) in [5, 5.41) is 2.91. The maximum absolute atomic E-state index is 13.1. The third-order valence-corrected chi connectivity index (χ3v) is 4.14. The van der Waals surface area contributed by atoms with Gasteiger partial charge < -0.3 is 15.1 Å². The second-order valence-corrected chi connectivity index (χ2v) is 5.76. The fourth-order valence-corrected chi connectivity index (χ4v) is 2.68. The SMILES string of the molecule is CN1CCC(N(C)C(=O)NCCc2cccc(F)c2)CC1. The molecule has 0 unspecified atom stereocenters. The van der Waals surface area contributed by atoms with Crippen molar-refractivity contribution >= 4 is 6.03 Å². The number of halogens is 1. The molecule has 1 heterocycles. The number of nitrogens with zero attached hydrogens (tertiary/aromatic N) is 2. The summed E-state index contributed by atoms with van der Waals surface area (Å²) in [4.78, 5) is 16.2. The van der Waals surface area contributed by atoms with E-state index in [2.05, 4.69) is 17.3 Å². The molecule has 0 aromatic heterocycles. The number of benzene rings is 1. The number of rotatable bonds is 4. The topological polar surface area (TPSA) is 35.6 Å². The largest absolute Gasteiger partial charge is 0.338 e. The molecule has 0 saturated carbocycles. The summed E-state index contributed by atoms with van der Waals surface area (Å²) < 4.78 is 13.1. The Morgan fingerprint density at radius 2 is 2.14 bits per heavy atom. The molecule has 21 heavy (non-hydrogen) atoms. The van der Waals surface area contributed by atoms with Crippen LogP contribution in [-0.4, -0.2) is 55.6 Å². The Hall–Kier alpha value is -1.62. The van der Waals surface area contributed by atoms with Gasteiger partial charge in [0.05, 0.1) is 0 Å². The quantitative estimate of drug-likeness (QED) is 0.923. The monoisotopic (exact) mass is 293 g/mol. The van der Waals surface area contributed by atoms with Crippen molar-refractivity contribution in [2.75, 3.05) is 33.7 Å². The highest BCUT2D eigenvalue weighted by atomic mass is 19.1. The van der Waals surface area contributed by atoms with Crippen LogP contribution >= 0.6 is 0 Å². The van der Waals surface area contributed by atoms with Crippen molar-refractivity contribution in [1.29, 1.82) is 0 Å². The number of hydrogen-bond donors (Lipinski definition) is 1. The number of piperidine rings is 1. The molecule has 0 bridgehead atoms. The van der Waals surface area contributed by atoms with Crippen LogP contribution in [0.2, 0.25) is 0 Å². The van der Waals surface area contributed by atoms with Gasteiger partial charge in [-0.25, -0.2) is 9.18 Å². The van der Waals surface area contributed by atoms with Crippen molar-refractivity contribution < 1.29 is 9.18 Å². The molecule has 0 radical (unpaired) electrons. The molecule has 0 spiro atoms. The Labute approximate surface area is 125 Å². The van der Waals surface area contributed by atoms with Crippen LogP contribution in [0.1, 0.15) is 18.4 Å². The number of amides is 2. The van der Waals surface area contributed by atoms with Gasteiger partial charge in [0.2, 0.25) is 0 Å². The highest BCUT2D eigenvalue weighted by molar-refractivity contribution is 5.74. The van der Waals surface area contributed by atoms with E-state index in [-0.39, 0.29) is 11.8 Å². The second-order valence-electron chi connectivity index (χ2n) is 5.76. The van der Waals surface area contributed by atoms with Crippen molar-refractivity contribution in [3.63, 3.8) is 0 Å². The number of likely N-dealkylation sites (tertiary alicyclic amines) is 1. The molecule has 1 aromatic carbocycles. The fourth-order valence-electron chi connectivity index (χ4n) is 2.68. The average Bonchev–Trinajstić information content (AvgIpc) is 2.47. The van der Waals surface area contributed by atoms with Gasteiger partial charge in [-0.15, -0.1) is 0 Å². The molecule has 5 heteroatoms. The van der Waals surface area contributed by atoms with Gasteiger partial charge in [-0.3, -0.25) is 0 Å². The third-order valence-electron chi connectivity index (χ3n) is 4.14. The lowest BCUT2D eigenvalue weighted by Gasteiger charge is -2.35. The molecule has 1 aliphatic heterocycles. The fraction of sp³-hybridized carbons (Fsp3) is 0.562. The Balaban J connectivity index is 1.74. The maximum Gasteiger partial charge on any atom is 0.317 e. The van der Waals surface area contributed by atoms with Gasteiger partial charge >= 0.3 is 6.03 Å². The Kier molecular flexibility index (Phi) is 5.56. The van der Waals surface area contributed by atoms with Crippen LogP contribution in [0.3, 0.4) is 0 Å². The molecule has 0 aliphatic carbocycles. The Bertz CT molecular complexity index is 472. The van der Waals surface area contributed by atoms with E-state index in [9.17, 15) is 9.18 Å². The van der Waals surface area contributed by atoms with Gasteiger partial charge in [-0.1, -0.05) is 12.1 Å². The molecule has 116 valence electrons. The summed E-state index contributed by atoms with van der Waals surface area (Å²) in [6, 6.07) is 6.77. The minimum absolute atomic E-state index is 0.0408. The molecule has 1 aromatic rings. The van der Waals surface area contributed by atoms with Crippen molar-refractivity contribution in [3.05, 3.63) is 35.6 Å². The lowest BCUT2D eigenvalue weighted by molar-refractivity contribution is 0.148. The molecule has 0 atom stereocenters. The number of carbonyl (C=O) groups excluding carboxylic acids is 1. The second kappa shape index (κ2) is 7.41. The van der Waals surface area contributed by atoms with Crippen LogP contribution in [0.25, 0.3) is 0 Å². The van der Waals surface area contributed by atoms with Gasteiger partial charge in [0.15, 0.2) is 0 Å². The summed E-state index contributed by atoms with van der Waals surface area (Å²) in [5.41, 5.74) is 0.900. The summed E-state index contributed by atoms with van der Waals surface area (Å²) in [6.45, 7) is 2.59. The number of urea groups is 1. The van der Waals surface area contributed by atoms with E-state index in [0.717, 1.165) is 31.5 Å². The van der Waals surface area contributed by atoms with Crippen LogP contribution in [-0.2, 0) is 6.42 Å². The Morgan fingerprint density at radius 1 is 1.43 bits per heavy atom. The van der Waals surface area contributed by atoms with Crippen molar-refractivity contribution in [3.8, 4) is 0 Å². The first-order valence-corrected chi connectivity index (χ1v) is 7.50. The van der Waals surface area contributed by atoms with Crippen LogP contribution in [0.15, 0.2) is 24.3 Å². The average molecular weight is 293 g/mol. The van der Waals surface area contributed by atoms with E-state index in [1.165, 1.54) is 12.1 Å². The van der Waals surface area contributed by atoms with Crippen LogP contribution in [0.4, 0.5) is 9.18 Å². The van der Waals surface area contributed by atoms with E-state index >= 15 is 0 Å².